The van der Waals surface area contributed by atoms with Crippen molar-refractivity contribution in [1.29, 1.82) is 0 Å². The molecule has 1 aliphatic heterocycles. The van der Waals surface area contributed by atoms with Crippen molar-refractivity contribution in [2.24, 2.45) is 5.73 Å². The van der Waals surface area contributed by atoms with Crippen LogP contribution >= 0.6 is 11.8 Å². The third kappa shape index (κ3) is 2.11. The van der Waals surface area contributed by atoms with Crippen LogP contribution in [0.1, 0.15) is 28.3 Å². The molecule has 1 aliphatic carbocycles. The number of rotatable bonds is 4. The molecule has 0 aromatic heterocycles. The minimum atomic E-state index is -1.03. The summed E-state index contributed by atoms with van der Waals surface area (Å²) in [7, 11) is -0.884. The number of benzene rings is 1. The molecular formula is C12H14BNO4S. The van der Waals surface area contributed by atoms with Gasteiger partial charge < -0.3 is 20.5 Å². The number of hydrogen-bond acceptors (Lipinski definition) is 5. The lowest BCUT2D eigenvalue weighted by Crippen LogP contribution is -2.27. The molecule has 3 rings (SSSR count). The number of hydrogen-bond donors (Lipinski definition) is 3. The maximum absolute atomic E-state index is 11.5. The molecule has 0 spiro atoms. The van der Waals surface area contributed by atoms with Gasteiger partial charge in [-0.05, 0) is 24.0 Å². The molecule has 1 aromatic rings. The normalized spacial score (nSPS) is 23.4. The van der Waals surface area contributed by atoms with E-state index in [1.165, 1.54) is 11.8 Å². The van der Waals surface area contributed by atoms with E-state index in [1.54, 1.807) is 0 Å². The van der Waals surface area contributed by atoms with E-state index >= 15 is 0 Å². The highest BCUT2D eigenvalue weighted by Gasteiger charge is 2.54. The molecule has 0 unspecified atom stereocenters. The topological polar surface area (TPSA) is 92.8 Å². The van der Waals surface area contributed by atoms with Crippen LogP contribution in [0, 0.1) is 0 Å². The maximum Gasteiger partial charge on any atom is 0.526 e. The lowest BCUT2D eigenvalue weighted by atomic mass is 9.77. The van der Waals surface area contributed by atoms with Gasteiger partial charge >= 0.3 is 13.1 Å². The van der Waals surface area contributed by atoms with E-state index in [4.69, 9.17) is 10.4 Å². The van der Waals surface area contributed by atoms with Crippen molar-refractivity contribution in [3.8, 4) is 5.75 Å². The van der Waals surface area contributed by atoms with Crippen LogP contribution in [0.5, 0.6) is 5.75 Å². The number of nitrogens with two attached hydrogens (primary N) is 1. The van der Waals surface area contributed by atoms with Gasteiger partial charge in [-0.1, -0.05) is 6.07 Å². The Kier molecular flexibility index (Phi) is 3.20. The summed E-state index contributed by atoms with van der Waals surface area (Å²) >= 11 is 1.40. The fourth-order valence-electron chi connectivity index (χ4n) is 2.59. The number of carboxylic acids is 1. The van der Waals surface area contributed by atoms with Gasteiger partial charge in [0.15, 0.2) is 0 Å². The van der Waals surface area contributed by atoms with E-state index in [9.17, 15) is 14.9 Å². The number of carboxylic acid groups (broad SMARTS) is 1. The molecular weight excluding hydrogens is 265 g/mol. The zero-order valence-electron chi connectivity index (χ0n) is 10.2. The third-order valence-electron chi connectivity index (χ3n) is 3.58. The van der Waals surface area contributed by atoms with Gasteiger partial charge in [0.05, 0.1) is 0 Å². The molecule has 0 amide bonds. The third-order valence-corrected chi connectivity index (χ3v) is 4.67. The Morgan fingerprint density at radius 3 is 3.05 bits per heavy atom. The van der Waals surface area contributed by atoms with Gasteiger partial charge in [-0.15, -0.1) is 11.8 Å². The van der Waals surface area contributed by atoms with E-state index in [-0.39, 0.29) is 17.3 Å². The zero-order chi connectivity index (χ0) is 13.6. The summed E-state index contributed by atoms with van der Waals surface area (Å²) in [5, 5.41) is 19.2. The number of aromatic carboxylic acids is 1. The second-order valence-electron chi connectivity index (χ2n) is 4.81. The van der Waals surface area contributed by atoms with Gasteiger partial charge in [0.2, 0.25) is 0 Å². The average Bonchev–Trinajstić information content (AvgIpc) is 3.16. The summed E-state index contributed by atoms with van der Waals surface area (Å²) in [5.74, 6) is 0.318. The first-order chi connectivity index (χ1) is 9.13. The quantitative estimate of drug-likeness (QED) is 0.566. The second kappa shape index (κ2) is 4.74. The summed E-state index contributed by atoms with van der Waals surface area (Å²) in [6, 6.07) is 3.73. The monoisotopic (exact) mass is 279 g/mol. The SMILES string of the molecule is NCCSc1ccc2c(c1C(=O)O)OB(O)[C@@H]1C[C@H]21. The first-order valence-electron chi connectivity index (χ1n) is 6.21. The van der Waals surface area contributed by atoms with Crippen LogP contribution in [0.15, 0.2) is 17.0 Å². The van der Waals surface area contributed by atoms with Gasteiger partial charge in [0, 0.05) is 23.0 Å². The fourth-order valence-corrected chi connectivity index (χ4v) is 3.41. The summed E-state index contributed by atoms with van der Waals surface area (Å²) < 4.78 is 5.43. The molecule has 1 saturated carbocycles. The summed E-state index contributed by atoms with van der Waals surface area (Å²) in [6.07, 6.45) is 0.864. The highest BCUT2D eigenvalue weighted by atomic mass is 32.2. The highest BCUT2D eigenvalue weighted by Crippen LogP contribution is 2.60. The Morgan fingerprint density at radius 2 is 2.37 bits per heavy atom. The van der Waals surface area contributed by atoms with Crippen molar-refractivity contribution in [1.82, 2.24) is 0 Å². The summed E-state index contributed by atoms with van der Waals surface area (Å²) in [5.41, 5.74) is 6.51. The molecule has 2 atom stereocenters. The van der Waals surface area contributed by atoms with E-state index in [0.29, 0.717) is 22.9 Å². The zero-order valence-corrected chi connectivity index (χ0v) is 11.0. The summed E-state index contributed by atoms with van der Waals surface area (Å²) in [6.45, 7) is 0.481. The molecule has 4 N–H and O–H groups in total. The smallest absolute Gasteiger partial charge is 0.526 e. The lowest BCUT2D eigenvalue weighted by molar-refractivity contribution is 0.0690. The molecule has 0 saturated heterocycles. The Labute approximate surface area is 115 Å². The number of thioether (sulfide) groups is 1. The van der Waals surface area contributed by atoms with Gasteiger partial charge in [0.1, 0.15) is 11.3 Å². The number of carbonyl (C=O) groups is 1. The van der Waals surface area contributed by atoms with Crippen molar-refractivity contribution >= 4 is 24.8 Å². The highest BCUT2D eigenvalue weighted by molar-refractivity contribution is 7.99. The van der Waals surface area contributed by atoms with Crippen molar-refractivity contribution in [2.75, 3.05) is 12.3 Å². The molecule has 0 bridgehead atoms. The average molecular weight is 279 g/mol. The maximum atomic E-state index is 11.5. The number of fused-ring (bicyclic) bond motifs is 3. The Hall–Kier alpha value is -1.18. The van der Waals surface area contributed by atoms with Crippen LogP contribution in [0.25, 0.3) is 0 Å². The second-order valence-corrected chi connectivity index (χ2v) is 5.95. The van der Waals surface area contributed by atoms with Gasteiger partial charge in [-0.2, -0.15) is 0 Å². The Bertz CT molecular complexity index is 539. The van der Waals surface area contributed by atoms with E-state index in [0.717, 1.165) is 12.0 Å². The van der Waals surface area contributed by atoms with Crippen LogP contribution in [-0.2, 0) is 0 Å². The van der Waals surface area contributed by atoms with E-state index in [2.05, 4.69) is 0 Å². The van der Waals surface area contributed by atoms with Crippen LogP contribution in [0.4, 0.5) is 0 Å². The van der Waals surface area contributed by atoms with Crippen molar-refractivity contribution in [3.05, 3.63) is 23.3 Å². The van der Waals surface area contributed by atoms with Crippen LogP contribution < -0.4 is 10.4 Å². The molecule has 1 aromatic carbocycles. The van der Waals surface area contributed by atoms with E-state index < -0.39 is 13.1 Å². The molecule has 5 nitrogen and oxygen atoms in total. The van der Waals surface area contributed by atoms with Crippen molar-refractivity contribution in [3.63, 3.8) is 0 Å². The van der Waals surface area contributed by atoms with Gasteiger partial charge in [-0.3, -0.25) is 0 Å². The van der Waals surface area contributed by atoms with E-state index in [1.807, 2.05) is 12.1 Å². The Morgan fingerprint density at radius 1 is 1.58 bits per heavy atom. The van der Waals surface area contributed by atoms with Crippen LogP contribution in [-0.4, -0.2) is 35.5 Å². The lowest BCUT2D eigenvalue weighted by Gasteiger charge is -2.22. The van der Waals surface area contributed by atoms with Crippen molar-refractivity contribution in [2.45, 2.75) is 23.1 Å². The largest absolute Gasteiger partial charge is 0.535 e. The predicted molar refractivity (Wildman–Crippen MR) is 72.9 cm³/mol. The molecule has 2 aliphatic rings. The van der Waals surface area contributed by atoms with Gasteiger partial charge in [0.25, 0.3) is 0 Å². The molecule has 1 fully saturated rings. The first kappa shape index (κ1) is 12.8. The standard InChI is InChI=1S/C12H14BNO4S/c14-3-4-19-9-2-1-6-7-5-8(7)13(17)18-11(6)10(9)12(15)16/h1-2,7-8,17H,3-5,14H2,(H,15,16)/t7-,8-/m1/s1. The molecule has 19 heavy (non-hydrogen) atoms. The summed E-state index contributed by atoms with van der Waals surface area (Å²) in [4.78, 5) is 12.1. The first-order valence-corrected chi connectivity index (χ1v) is 7.19. The fraction of sp³-hybridized carbons (Fsp3) is 0.417. The van der Waals surface area contributed by atoms with Crippen LogP contribution in [0.3, 0.4) is 0 Å². The molecule has 100 valence electrons. The molecule has 7 heteroatoms. The van der Waals surface area contributed by atoms with Crippen molar-refractivity contribution < 1.29 is 19.6 Å². The predicted octanol–water partition coefficient (Wildman–Crippen LogP) is 1.17. The molecule has 1 heterocycles. The van der Waals surface area contributed by atoms with Gasteiger partial charge in [-0.25, -0.2) is 4.79 Å². The van der Waals surface area contributed by atoms with Crippen LogP contribution in [0.2, 0.25) is 5.82 Å². The minimum Gasteiger partial charge on any atom is -0.535 e. The molecule has 0 radical (unpaired) electrons. The Balaban J connectivity index is 2.05. The minimum absolute atomic E-state index is 0.122.